The van der Waals surface area contributed by atoms with Gasteiger partial charge < -0.3 is 14.3 Å². The molecule has 1 fully saturated rings. The molecule has 2 heterocycles. The van der Waals surface area contributed by atoms with Gasteiger partial charge in [0.05, 0.1) is 0 Å². The molecule has 1 unspecified atom stereocenters. The smallest absolute Gasteiger partial charge is 0.254 e. The predicted molar refractivity (Wildman–Crippen MR) is 141 cm³/mol. The number of carbonyl (C=O) groups is 2. The number of nitrogens with zero attached hydrogens (tertiary/aromatic N) is 4. The summed E-state index contributed by atoms with van der Waals surface area (Å²) >= 11 is 5.99. The molecule has 9 heteroatoms. The van der Waals surface area contributed by atoms with Crippen LogP contribution < -0.4 is 0 Å². The van der Waals surface area contributed by atoms with Crippen LogP contribution in [0.15, 0.2) is 83.4 Å². The number of hydrogen-bond donors (Lipinski definition) is 0. The first-order chi connectivity index (χ1) is 18.5. The quantitative estimate of drug-likeness (QED) is 0.295. The van der Waals surface area contributed by atoms with Crippen LogP contribution in [0.2, 0.25) is 5.02 Å². The highest BCUT2D eigenvalue weighted by Gasteiger charge is 2.33. The Morgan fingerprint density at radius 1 is 1.00 bits per heavy atom. The summed E-state index contributed by atoms with van der Waals surface area (Å²) in [6.45, 7) is 0.619. The van der Waals surface area contributed by atoms with Crippen molar-refractivity contribution in [2.75, 3.05) is 13.1 Å². The zero-order chi connectivity index (χ0) is 26.5. The minimum Gasteiger partial charge on any atom is -0.337 e. The summed E-state index contributed by atoms with van der Waals surface area (Å²) in [4.78, 5) is 34.8. The Kier molecular flexibility index (Phi) is 7.79. The van der Waals surface area contributed by atoms with Gasteiger partial charge in [-0.3, -0.25) is 9.59 Å². The number of carbonyl (C=O) groups excluding carboxylic acids is 2. The molecule has 1 saturated heterocycles. The molecule has 5 rings (SSSR count). The number of piperidine rings is 1. The fourth-order valence-corrected chi connectivity index (χ4v) is 4.73. The molecule has 3 aromatic carbocycles. The molecule has 0 saturated carbocycles. The summed E-state index contributed by atoms with van der Waals surface area (Å²) in [6.07, 6.45) is 2.43. The molecular weight excluding hydrogens is 507 g/mol. The second-order valence-electron chi connectivity index (χ2n) is 9.22. The van der Waals surface area contributed by atoms with Crippen LogP contribution in [0.1, 0.15) is 47.1 Å². The van der Waals surface area contributed by atoms with E-state index >= 15 is 0 Å². The van der Waals surface area contributed by atoms with Crippen LogP contribution >= 0.6 is 11.6 Å². The Bertz CT molecular complexity index is 1390. The summed E-state index contributed by atoms with van der Waals surface area (Å²) in [5.41, 5.74) is 1.96. The number of hydrogen-bond acceptors (Lipinski definition) is 5. The van der Waals surface area contributed by atoms with Gasteiger partial charge in [0.25, 0.3) is 5.91 Å². The van der Waals surface area contributed by atoms with E-state index < -0.39 is 5.82 Å². The van der Waals surface area contributed by atoms with Gasteiger partial charge in [0.1, 0.15) is 18.4 Å². The van der Waals surface area contributed by atoms with Crippen LogP contribution in [0.5, 0.6) is 0 Å². The van der Waals surface area contributed by atoms with E-state index in [1.165, 1.54) is 29.2 Å². The Morgan fingerprint density at radius 3 is 2.47 bits per heavy atom. The van der Waals surface area contributed by atoms with E-state index in [0.29, 0.717) is 35.3 Å². The fraction of sp³-hybridized carbons (Fsp3) is 0.241. The fourth-order valence-electron chi connectivity index (χ4n) is 4.61. The lowest BCUT2D eigenvalue weighted by molar-refractivity contribution is -0.136. The minimum absolute atomic E-state index is 0.139. The molecule has 38 heavy (non-hydrogen) atoms. The van der Waals surface area contributed by atoms with Crippen molar-refractivity contribution in [3.05, 3.63) is 107 Å². The van der Waals surface area contributed by atoms with Gasteiger partial charge in [-0.2, -0.15) is 4.98 Å². The molecule has 7 nitrogen and oxygen atoms in total. The first-order valence-corrected chi connectivity index (χ1v) is 12.8. The number of likely N-dealkylation sites (tertiary alicyclic amines) is 1. The average Bonchev–Trinajstić information content (AvgIpc) is 3.44. The lowest BCUT2D eigenvalue weighted by Gasteiger charge is -2.35. The summed E-state index contributed by atoms with van der Waals surface area (Å²) in [5, 5.41) is 4.72. The lowest BCUT2D eigenvalue weighted by atomic mass is 10.0. The van der Waals surface area contributed by atoms with E-state index in [1.54, 1.807) is 17.0 Å². The van der Waals surface area contributed by atoms with Crippen LogP contribution in [0.25, 0.3) is 11.4 Å². The Hall–Kier alpha value is -4.04. The third-order valence-electron chi connectivity index (χ3n) is 6.57. The van der Waals surface area contributed by atoms with E-state index in [4.69, 9.17) is 16.1 Å². The van der Waals surface area contributed by atoms with Crippen LogP contribution in [0.3, 0.4) is 0 Å². The average molecular weight is 533 g/mol. The summed E-state index contributed by atoms with van der Waals surface area (Å²) < 4.78 is 19.1. The first kappa shape index (κ1) is 25.6. The maximum Gasteiger partial charge on any atom is 0.254 e. The number of amides is 2. The molecule has 1 aliphatic heterocycles. The van der Waals surface area contributed by atoms with E-state index in [2.05, 4.69) is 10.1 Å². The summed E-state index contributed by atoms with van der Waals surface area (Å²) in [7, 11) is 0. The molecule has 0 bridgehead atoms. The molecule has 0 aliphatic carbocycles. The van der Waals surface area contributed by atoms with E-state index in [1.807, 2.05) is 42.5 Å². The van der Waals surface area contributed by atoms with E-state index in [0.717, 1.165) is 24.0 Å². The number of halogens is 2. The van der Waals surface area contributed by atoms with Crippen molar-refractivity contribution >= 4 is 23.4 Å². The SMILES string of the molecule is O=C(c1ccc(F)cc1)N(CC(=O)N1CCCCC1c1nc(-c2ccc(Cl)cc2)no1)Cc1ccccc1. The molecule has 2 amide bonds. The first-order valence-electron chi connectivity index (χ1n) is 12.5. The standard InChI is InChI=1S/C29H26ClFN4O3/c30-23-13-9-21(10-14-23)27-32-28(38-33-27)25-8-4-5-17-35(25)26(36)19-34(18-20-6-2-1-3-7-20)29(37)22-11-15-24(31)16-12-22/h1-3,6-7,9-16,25H,4-5,8,17-19H2. The zero-order valence-electron chi connectivity index (χ0n) is 20.6. The van der Waals surface area contributed by atoms with Gasteiger partial charge >= 0.3 is 0 Å². The number of benzene rings is 3. The van der Waals surface area contributed by atoms with Gasteiger partial charge in [0, 0.05) is 29.2 Å². The van der Waals surface area contributed by atoms with Crippen molar-refractivity contribution in [3.63, 3.8) is 0 Å². The molecule has 4 aromatic rings. The van der Waals surface area contributed by atoms with Crippen molar-refractivity contribution in [2.24, 2.45) is 0 Å². The van der Waals surface area contributed by atoms with Gasteiger partial charge in [0.15, 0.2) is 0 Å². The molecule has 0 radical (unpaired) electrons. The molecule has 1 aliphatic rings. The molecule has 0 N–H and O–H groups in total. The van der Waals surface area contributed by atoms with Crippen molar-refractivity contribution in [1.82, 2.24) is 19.9 Å². The third kappa shape index (κ3) is 5.92. The van der Waals surface area contributed by atoms with Crippen LogP contribution in [-0.2, 0) is 11.3 Å². The van der Waals surface area contributed by atoms with Crippen molar-refractivity contribution < 1.29 is 18.5 Å². The van der Waals surface area contributed by atoms with E-state index in [-0.39, 0.29) is 30.9 Å². The highest BCUT2D eigenvalue weighted by Crippen LogP contribution is 2.31. The summed E-state index contributed by atoms with van der Waals surface area (Å²) in [5.74, 6) is -0.207. The van der Waals surface area contributed by atoms with Gasteiger partial charge in [-0.15, -0.1) is 0 Å². The van der Waals surface area contributed by atoms with Crippen molar-refractivity contribution in [3.8, 4) is 11.4 Å². The van der Waals surface area contributed by atoms with Gasteiger partial charge in [0.2, 0.25) is 17.6 Å². The summed E-state index contributed by atoms with van der Waals surface area (Å²) in [6, 6.07) is 21.5. The monoisotopic (exact) mass is 532 g/mol. The van der Waals surface area contributed by atoms with Crippen LogP contribution in [-0.4, -0.2) is 44.8 Å². The normalized spacial score (nSPS) is 15.3. The second kappa shape index (κ2) is 11.6. The Labute approximate surface area is 224 Å². The molecule has 0 spiro atoms. The maximum atomic E-state index is 13.7. The van der Waals surface area contributed by atoms with Crippen molar-refractivity contribution in [2.45, 2.75) is 31.8 Å². The molecular formula is C29H26ClFN4O3. The highest BCUT2D eigenvalue weighted by atomic mass is 35.5. The van der Waals surface area contributed by atoms with Crippen LogP contribution in [0.4, 0.5) is 4.39 Å². The highest BCUT2D eigenvalue weighted by molar-refractivity contribution is 6.30. The maximum absolute atomic E-state index is 13.7. The van der Waals surface area contributed by atoms with Gasteiger partial charge in [-0.1, -0.05) is 47.1 Å². The number of aromatic nitrogens is 2. The largest absolute Gasteiger partial charge is 0.337 e. The molecule has 194 valence electrons. The Morgan fingerprint density at radius 2 is 1.74 bits per heavy atom. The van der Waals surface area contributed by atoms with Crippen molar-refractivity contribution in [1.29, 1.82) is 0 Å². The van der Waals surface area contributed by atoms with Crippen LogP contribution in [0, 0.1) is 5.82 Å². The second-order valence-corrected chi connectivity index (χ2v) is 9.65. The third-order valence-corrected chi connectivity index (χ3v) is 6.83. The Balaban J connectivity index is 1.37. The minimum atomic E-state index is -0.430. The number of rotatable bonds is 7. The lowest BCUT2D eigenvalue weighted by Crippen LogP contribution is -2.45. The molecule has 1 aromatic heterocycles. The van der Waals surface area contributed by atoms with Gasteiger partial charge in [-0.25, -0.2) is 4.39 Å². The predicted octanol–water partition coefficient (Wildman–Crippen LogP) is 5.93. The zero-order valence-corrected chi connectivity index (χ0v) is 21.4. The van der Waals surface area contributed by atoms with E-state index in [9.17, 15) is 14.0 Å². The topological polar surface area (TPSA) is 79.5 Å². The molecule has 1 atom stereocenters. The van der Waals surface area contributed by atoms with Gasteiger partial charge in [-0.05, 0) is 73.4 Å².